The summed E-state index contributed by atoms with van der Waals surface area (Å²) in [6.45, 7) is 1.59. The molecule has 0 aliphatic carbocycles. The third-order valence-corrected chi connectivity index (χ3v) is 1.78. The molecule has 0 rings (SSSR count). The zero-order valence-corrected chi connectivity index (χ0v) is 8.95. The molecule has 0 aromatic rings. The summed E-state index contributed by atoms with van der Waals surface area (Å²) in [5.74, 6) is -2.10. The van der Waals surface area contributed by atoms with Crippen LogP contribution in [0.5, 0.6) is 0 Å². The van der Waals surface area contributed by atoms with E-state index in [0.29, 0.717) is 0 Å². The Hall–Kier alpha value is -0.190. The number of carboxylic acid groups (broad SMARTS) is 1. The first-order chi connectivity index (χ1) is 5.79. The average Bonchev–Trinajstić information content (AvgIpc) is 1.96. The van der Waals surface area contributed by atoms with Gasteiger partial charge in [-0.15, -0.1) is 0 Å². The number of hydrogen-bond donors (Lipinski definition) is 2. The number of nitrogens with one attached hydrogen (secondary N) is 1. The molecule has 2 N–H and O–H groups in total. The van der Waals surface area contributed by atoms with E-state index in [-0.39, 0.29) is 6.42 Å². The molecule has 0 bridgehead atoms. The third-order valence-electron chi connectivity index (χ3n) is 1.27. The summed E-state index contributed by atoms with van der Waals surface area (Å²) in [5.41, 5.74) is 0. The molecule has 0 spiro atoms. The molecule has 0 aliphatic rings. The summed E-state index contributed by atoms with van der Waals surface area (Å²) in [6.07, 6.45) is 0.224. The molecule has 0 aromatic heterocycles. The number of carbonyl (C=O) groups is 2. The van der Waals surface area contributed by atoms with Crippen molar-refractivity contribution >= 4 is 46.7 Å². The standard InChI is InChI=1S/C6H8Cl3NO3/c1-2-3(4(11)12)10-5(13)6(7,8)9/h3H,2H2,1H3,(H,10,13)(H,11,12). The van der Waals surface area contributed by atoms with Crippen molar-refractivity contribution in [2.45, 2.75) is 23.2 Å². The second kappa shape index (κ2) is 4.88. The van der Waals surface area contributed by atoms with Crippen molar-refractivity contribution in [3.63, 3.8) is 0 Å². The molecule has 1 atom stereocenters. The average molecular weight is 248 g/mol. The minimum Gasteiger partial charge on any atom is -0.480 e. The Morgan fingerprint density at radius 1 is 1.46 bits per heavy atom. The maximum absolute atomic E-state index is 11.0. The fraction of sp³-hybridized carbons (Fsp3) is 0.667. The normalized spacial score (nSPS) is 13.5. The van der Waals surface area contributed by atoms with Gasteiger partial charge in [0.1, 0.15) is 6.04 Å². The highest BCUT2D eigenvalue weighted by molar-refractivity contribution is 6.76. The first-order valence-corrected chi connectivity index (χ1v) is 4.53. The zero-order chi connectivity index (χ0) is 10.6. The van der Waals surface area contributed by atoms with Gasteiger partial charge in [0.05, 0.1) is 0 Å². The number of alkyl halides is 3. The number of carboxylic acids is 1. The lowest BCUT2D eigenvalue weighted by atomic mass is 10.2. The van der Waals surface area contributed by atoms with Crippen LogP contribution in [0.15, 0.2) is 0 Å². The van der Waals surface area contributed by atoms with Gasteiger partial charge in [0.2, 0.25) is 0 Å². The number of halogens is 3. The molecule has 1 amide bonds. The molecule has 0 saturated heterocycles. The van der Waals surface area contributed by atoms with Gasteiger partial charge in [-0.2, -0.15) is 0 Å². The van der Waals surface area contributed by atoms with Gasteiger partial charge < -0.3 is 10.4 Å². The lowest BCUT2D eigenvalue weighted by Gasteiger charge is -2.15. The van der Waals surface area contributed by atoms with Gasteiger partial charge in [0.15, 0.2) is 0 Å². The van der Waals surface area contributed by atoms with Gasteiger partial charge in [-0.05, 0) is 6.42 Å². The fourth-order valence-corrected chi connectivity index (χ4v) is 0.742. The second-order valence-electron chi connectivity index (χ2n) is 2.27. The van der Waals surface area contributed by atoms with Gasteiger partial charge in [-0.3, -0.25) is 4.79 Å². The highest BCUT2D eigenvalue weighted by Crippen LogP contribution is 2.26. The van der Waals surface area contributed by atoms with Crippen LogP contribution in [0.1, 0.15) is 13.3 Å². The Kier molecular flexibility index (Phi) is 4.81. The van der Waals surface area contributed by atoms with Crippen molar-refractivity contribution < 1.29 is 14.7 Å². The van der Waals surface area contributed by atoms with Gasteiger partial charge in [-0.25, -0.2) is 4.79 Å². The topological polar surface area (TPSA) is 66.4 Å². The van der Waals surface area contributed by atoms with E-state index in [2.05, 4.69) is 5.32 Å². The summed E-state index contributed by atoms with van der Waals surface area (Å²) < 4.78 is -2.12. The van der Waals surface area contributed by atoms with E-state index in [9.17, 15) is 9.59 Å². The van der Waals surface area contributed by atoms with Crippen LogP contribution >= 0.6 is 34.8 Å². The van der Waals surface area contributed by atoms with Crippen LogP contribution in [-0.2, 0) is 9.59 Å². The van der Waals surface area contributed by atoms with E-state index < -0.39 is 21.7 Å². The Morgan fingerprint density at radius 3 is 2.15 bits per heavy atom. The molecule has 0 fully saturated rings. The van der Waals surface area contributed by atoms with E-state index in [0.717, 1.165) is 0 Å². The van der Waals surface area contributed by atoms with Crippen molar-refractivity contribution in [2.24, 2.45) is 0 Å². The van der Waals surface area contributed by atoms with E-state index >= 15 is 0 Å². The SMILES string of the molecule is CCC(NC(=O)C(Cl)(Cl)Cl)C(=O)O. The Morgan fingerprint density at radius 2 is 1.92 bits per heavy atom. The summed E-state index contributed by atoms with van der Waals surface area (Å²) in [4.78, 5) is 21.4. The van der Waals surface area contributed by atoms with Crippen LogP contribution in [0.3, 0.4) is 0 Å². The number of carbonyl (C=O) groups excluding carboxylic acids is 1. The van der Waals surface area contributed by atoms with Crippen molar-refractivity contribution in [1.82, 2.24) is 5.32 Å². The Labute approximate surface area is 90.1 Å². The maximum atomic E-state index is 11.0. The fourth-order valence-electron chi connectivity index (χ4n) is 0.578. The highest BCUT2D eigenvalue weighted by Gasteiger charge is 2.33. The maximum Gasteiger partial charge on any atom is 0.326 e. The van der Waals surface area contributed by atoms with Crippen molar-refractivity contribution in [1.29, 1.82) is 0 Å². The van der Waals surface area contributed by atoms with E-state index in [1.165, 1.54) is 0 Å². The molecular formula is C6H8Cl3NO3. The summed E-state index contributed by atoms with van der Waals surface area (Å²) >= 11 is 15.6. The van der Waals surface area contributed by atoms with Crippen molar-refractivity contribution in [2.75, 3.05) is 0 Å². The number of aliphatic carboxylic acids is 1. The van der Waals surface area contributed by atoms with Gasteiger partial charge in [-0.1, -0.05) is 41.7 Å². The monoisotopic (exact) mass is 247 g/mol. The van der Waals surface area contributed by atoms with E-state index in [1.807, 2.05) is 0 Å². The van der Waals surface area contributed by atoms with Gasteiger partial charge in [0.25, 0.3) is 9.70 Å². The molecule has 0 aliphatic heterocycles. The molecule has 4 nitrogen and oxygen atoms in total. The van der Waals surface area contributed by atoms with Crippen molar-refractivity contribution in [3.05, 3.63) is 0 Å². The van der Waals surface area contributed by atoms with Crippen LogP contribution < -0.4 is 5.32 Å². The van der Waals surface area contributed by atoms with Crippen LogP contribution in [0, 0.1) is 0 Å². The van der Waals surface area contributed by atoms with E-state index in [1.54, 1.807) is 6.92 Å². The van der Waals surface area contributed by atoms with Crippen molar-refractivity contribution in [3.8, 4) is 0 Å². The molecular weight excluding hydrogens is 240 g/mol. The number of amides is 1. The third kappa shape index (κ3) is 4.55. The predicted molar refractivity (Wildman–Crippen MR) is 50.1 cm³/mol. The van der Waals surface area contributed by atoms with Crippen LogP contribution in [0.2, 0.25) is 0 Å². The predicted octanol–water partition coefficient (Wildman–Crippen LogP) is 1.34. The molecule has 0 aromatic carbocycles. The van der Waals surface area contributed by atoms with Gasteiger partial charge >= 0.3 is 5.97 Å². The van der Waals surface area contributed by atoms with Gasteiger partial charge in [0, 0.05) is 0 Å². The lowest BCUT2D eigenvalue weighted by molar-refractivity contribution is -0.141. The number of hydrogen-bond acceptors (Lipinski definition) is 2. The highest BCUT2D eigenvalue weighted by atomic mass is 35.6. The first kappa shape index (κ1) is 12.8. The Bertz CT molecular complexity index is 214. The van der Waals surface area contributed by atoms with Crippen LogP contribution in [0.4, 0.5) is 0 Å². The van der Waals surface area contributed by atoms with Crippen LogP contribution in [-0.4, -0.2) is 26.8 Å². The molecule has 7 heteroatoms. The van der Waals surface area contributed by atoms with E-state index in [4.69, 9.17) is 39.9 Å². The minimum absolute atomic E-state index is 0.224. The number of rotatable bonds is 3. The summed E-state index contributed by atoms with van der Waals surface area (Å²) in [6, 6.07) is -1.02. The lowest BCUT2D eigenvalue weighted by Crippen LogP contribution is -2.45. The quantitative estimate of drug-likeness (QED) is 0.741. The largest absolute Gasteiger partial charge is 0.480 e. The summed E-state index contributed by atoms with van der Waals surface area (Å²) in [5, 5.41) is 10.6. The molecule has 76 valence electrons. The molecule has 0 radical (unpaired) electrons. The molecule has 1 unspecified atom stereocenters. The van der Waals surface area contributed by atoms with Crippen LogP contribution in [0.25, 0.3) is 0 Å². The minimum atomic E-state index is -2.12. The zero-order valence-electron chi connectivity index (χ0n) is 6.68. The molecule has 0 heterocycles. The molecule has 0 saturated carbocycles. The smallest absolute Gasteiger partial charge is 0.326 e. The first-order valence-electron chi connectivity index (χ1n) is 3.39. The molecule has 13 heavy (non-hydrogen) atoms. The summed E-state index contributed by atoms with van der Waals surface area (Å²) in [7, 11) is 0. The Balaban J connectivity index is 4.26. The second-order valence-corrected chi connectivity index (χ2v) is 4.55.